The molecule has 0 N–H and O–H groups in total. The minimum Gasteiger partial charge on any atom is -0.612 e. The van der Waals surface area contributed by atoms with E-state index in [0.717, 1.165) is 18.2 Å². The Morgan fingerprint density at radius 1 is 1.17 bits per heavy atom. The first kappa shape index (κ1) is 23.5. The second kappa shape index (κ2) is 9.77. The summed E-state index contributed by atoms with van der Waals surface area (Å²) in [4.78, 5) is 24.6. The van der Waals surface area contributed by atoms with Gasteiger partial charge in [0.1, 0.15) is 12.1 Å². The second-order valence-electron chi connectivity index (χ2n) is 8.56. The Hall–Kier alpha value is -3.27. The summed E-state index contributed by atoms with van der Waals surface area (Å²) in [6.45, 7) is 1.30. The number of fused-ring (bicyclic) bond motifs is 1. The summed E-state index contributed by atoms with van der Waals surface area (Å²) in [6.07, 6.45) is 8.07. The lowest BCUT2D eigenvalue weighted by Gasteiger charge is -2.31. The minimum absolute atomic E-state index is 0.0819. The van der Waals surface area contributed by atoms with Crippen molar-refractivity contribution >= 4 is 28.0 Å². The van der Waals surface area contributed by atoms with Gasteiger partial charge in [0.05, 0.1) is 17.1 Å². The van der Waals surface area contributed by atoms with Crippen molar-refractivity contribution in [1.29, 1.82) is 0 Å². The van der Waals surface area contributed by atoms with E-state index >= 15 is 0 Å². The zero-order chi connectivity index (χ0) is 24.5. The summed E-state index contributed by atoms with van der Waals surface area (Å²) >= 11 is -1.26. The molecule has 0 bridgehead atoms. The number of ether oxygens (including phenoxy) is 1. The van der Waals surface area contributed by atoms with E-state index in [-0.39, 0.29) is 17.8 Å². The van der Waals surface area contributed by atoms with E-state index in [1.54, 1.807) is 64.6 Å². The Bertz CT molecular complexity index is 1370. The standard InChI is InChI=1S/C26H25FN4O3S/c1-30(19-9-11-34-12-10-19)25(32)17-7-8-21-23(13-17)31(16-24(21)35(2)33)26-28-14-18(15-29-26)20-5-3-4-6-22(20)27/h3-8,13-16,19H,9-12H2,1-2H3. The highest BCUT2D eigenvalue weighted by Crippen LogP contribution is 2.30. The maximum absolute atomic E-state index is 14.2. The fourth-order valence-corrected chi connectivity index (χ4v) is 5.18. The number of carbonyl (C=O) groups excluding carboxylic acids is 1. The van der Waals surface area contributed by atoms with Crippen LogP contribution in [0.25, 0.3) is 28.0 Å². The van der Waals surface area contributed by atoms with Crippen molar-refractivity contribution in [1.82, 2.24) is 19.4 Å². The Labute approximate surface area is 205 Å². The van der Waals surface area contributed by atoms with Crippen LogP contribution < -0.4 is 0 Å². The van der Waals surface area contributed by atoms with Crippen molar-refractivity contribution in [2.24, 2.45) is 0 Å². The van der Waals surface area contributed by atoms with Gasteiger partial charge in [0.15, 0.2) is 4.90 Å². The molecule has 180 valence electrons. The molecule has 4 aromatic rings. The van der Waals surface area contributed by atoms with Crippen LogP contribution in [0.5, 0.6) is 0 Å². The highest BCUT2D eigenvalue weighted by Gasteiger charge is 2.25. The van der Waals surface area contributed by atoms with Gasteiger partial charge >= 0.3 is 0 Å². The molecule has 1 saturated heterocycles. The maximum Gasteiger partial charge on any atom is 0.253 e. The van der Waals surface area contributed by atoms with E-state index in [2.05, 4.69) is 9.97 Å². The van der Waals surface area contributed by atoms with E-state index in [1.807, 2.05) is 13.1 Å². The fourth-order valence-electron chi connectivity index (χ4n) is 4.45. The van der Waals surface area contributed by atoms with Crippen molar-refractivity contribution in [3.63, 3.8) is 0 Å². The average Bonchev–Trinajstić information content (AvgIpc) is 3.28. The monoisotopic (exact) mass is 492 g/mol. The number of rotatable bonds is 5. The Kier molecular flexibility index (Phi) is 6.55. The van der Waals surface area contributed by atoms with Crippen molar-refractivity contribution < 1.29 is 18.5 Å². The lowest BCUT2D eigenvalue weighted by atomic mass is 10.1. The van der Waals surface area contributed by atoms with Gasteiger partial charge in [-0.3, -0.25) is 9.36 Å². The summed E-state index contributed by atoms with van der Waals surface area (Å²) in [5.41, 5.74) is 2.18. The molecule has 1 fully saturated rings. The van der Waals surface area contributed by atoms with Gasteiger partial charge in [-0.2, -0.15) is 0 Å². The number of carbonyl (C=O) groups is 1. The number of halogens is 1. The zero-order valence-corrected chi connectivity index (χ0v) is 20.3. The molecule has 1 unspecified atom stereocenters. The molecule has 0 aliphatic carbocycles. The largest absolute Gasteiger partial charge is 0.612 e. The van der Waals surface area contributed by atoms with Crippen LogP contribution in [0.15, 0.2) is 66.0 Å². The molecule has 2 aromatic heterocycles. The van der Waals surface area contributed by atoms with Crippen LogP contribution in [-0.2, 0) is 15.9 Å². The molecule has 2 aromatic carbocycles. The average molecular weight is 493 g/mol. The van der Waals surface area contributed by atoms with Crippen LogP contribution in [-0.4, -0.2) is 62.5 Å². The molecule has 1 atom stereocenters. The number of aromatic nitrogens is 3. The summed E-state index contributed by atoms with van der Waals surface area (Å²) in [5.74, 6) is -0.0913. The Morgan fingerprint density at radius 3 is 2.57 bits per heavy atom. The maximum atomic E-state index is 14.2. The molecule has 3 heterocycles. The number of hydrogen-bond acceptors (Lipinski definition) is 5. The van der Waals surface area contributed by atoms with Gasteiger partial charge in [0, 0.05) is 55.4 Å². The summed E-state index contributed by atoms with van der Waals surface area (Å²) < 4.78 is 33.8. The number of nitrogens with zero attached hydrogens (tertiary/aromatic N) is 4. The van der Waals surface area contributed by atoms with Crippen molar-refractivity contribution in [3.8, 4) is 17.1 Å². The third-order valence-corrected chi connectivity index (χ3v) is 7.37. The number of benzene rings is 2. The molecular weight excluding hydrogens is 467 g/mol. The van der Waals surface area contributed by atoms with Gasteiger partial charge in [-0.25, -0.2) is 14.4 Å². The van der Waals surface area contributed by atoms with E-state index in [0.29, 0.717) is 46.3 Å². The van der Waals surface area contributed by atoms with Crippen LogP contribution >= 0.6 is 0 Å². The highest BCUT2D eigenvalue weighted by atomic mass is 32.2. The number of amides is 1. The van der Waals surface area contributed by atoms with E-state index in [1.165, 1.54) is 6.07 Å². The van der Waals surface area contributed by atoms with E-state index in [4.69, 9.17) is 4.74 Å². The minimum atomic E-state index is -1.26. The number of hydrogen-bond donors (Lipinski definition) is 0. The van der Waals surface area contributed by atoms with E-state index < -0.39 is 11.2 Å². The van der Waals surface area contributed by atoms with Crippen LogP contribution in [0, 0.1) is 5.82 Å². The first-order chi connectivity index (χ1) is 16.9. The summed E-state index contributed by atoms with van der Waals surface area (Å²) in [5, 5.41) is 0.762. The van der Waals surface area contributed by atoms with Gasteiger partial charge < -0.3 is 14.2 Å². The second-order valence-corrected chi connectivity index (χ2v) is 9.91. The van der Waals surface area contributed by atoms with Crippen LogP contribution in [0.2, 0.25) is 0 Å². The van der Waals surface area contributed by atoms with Crippen LogP contribution in [0.4, 0.5) is 4.39 Å². The third-order valence-electron chi connectivity index (χ3n) is 6.42. The van der Waals surface area contributed by atoms with Gasteiger partial charge in [-0.15, -0.1) is 0 Å². The molecule has 35 heavy (non-hydrogen) atoms. The normalized spacial score (nSPS) is 15.3. The highest BCUT2D eigenvalue weighted by molar-refractivity contribution is 7.91. The summed E-state index contributed by atoms with van der Waals surface area (Å²) in [6, 6.07) is 12.0. The topological polar surface area (TPSA) is 83.3 Å². The van der Waals surface area contributed by atoms with Gasteiger partial charge in [-0.1, -0.05) is 18.2 Å². The predicted molar refractivity (Wildman–Crippen MR) is 133 cm³/mol. The van der Waals surface area contributed by atoms with Gasteiger partial charge in [0.2, 0.25) is 5.95 Å². The lowest BCUT2D eigenvalue weighted by Crippen LogP contribution is -2.40. The lowest BCUT2D eigenvalue weighted by molar-refractivity contribution is 0.0362. The molecule has 0 radical (unpaired) electrons. The predicted octanol–water partition coefficient (Wildman–Crippen LogP) is 4.22. The SMILES string of the molecule is CN(C(=O)c1ccc2c([S+](C)[O-])cn(-c3ncc(-c4ccccc4F)cn3)c2c1)C1CCOCC1. The van der Waals surface area contributed by atoms with Gasteiger partial charge in [0.25, 0.3) is 5.91 Å². The first-order valence-electron chi connectivity index (χ1n) is 11.3. The molecule has 1 amide bonds. The van der Waals surface area contributed by atoms with E-state index in [9.17, 15) is 13.7 Å². The quantitative estimate of drug-likeness (QED) is 0.390. The molecule has 5 rings (SSSR count). The van der Waals surface area contributed by atoms with Crippen LogP contribution in [0.1, 0.15) is 23.2 Å². The molecule has 1 aliphatic rings. The molecule has 0 spiro atoms. The van der Waals surface area contributed by atoms with Crippen molar-refractivity contribution in [3.05, 3.63) is 72.4 Å². The molecule has 9 heteroatoms. The molecule has 0 saturated carbocycles. The Morgan fingerprint density at radius 2 is 1.89 bits per heavy atom. The van der Waals surface area contributed by atoms with Crippen molar-refractivity contribution in [2.45, 2.75) is 23.8 Å². The Balaban J connectivity index is 1.53. The third kappa shape index (κ3) is 4.54. The molecular formula is C26H25FN4O3S. The van der Waals surface area contributed by atoms with Crippen molar-refractivity contribution in [2.75, 3.05) is 26.5 Å². The molecule has 1 aliphatic heterocycles. The van der Waals surface area contributed by atoms with Gasteiger partial charge in [-0.05, 0) is 48.3 Å². The first-order valence-corrected chi connectivity index (χ1v) is 12.9. The fraction of sp³-hybridized carbons (Fsp3) is 0.269. The smallest absolute Gasteiger partial charge is 0.253 e. The summed E-state index contributed by atoms with van der Waals surface area (Å²) in [7, 11) is 1.82. The zero-order valence-electron chi connectivity index (χ0n) is 19.5. The molecule has 7 nitrogen and oxygen atoms in total. The van der Waals surface area contributed by atoms with Crippen LogP contribution in [0.3, 0.4) is 0 Å².